The first-order chi connectivity index (χ1) is 11.5. The van der Waals surface area contributed by atoms with Crippen LogP contribution in [0.1, 0.15) is 18.5 Å². The number of nitrogens with zero attached hydrogens (tertiary/aromatic N) is 1. The van der Waals surface area contributed by atoms with Crippen molar-refractivity contribution >= 4 is 17.6 Å². The maximum atomic E-state index is 14.2. The number of hydrogen-bond acceptors (Lipinski definition) is 4. The number of ether oxygens (including phenoxy) is 2. The molecule has 0 aliphatic carbocycles. The van der Waals surface area contributed by atoms with Gasteiger partial charge in [-0.15, -0.1) is 0 Å². The molecule has 1 heterocycles. The molecule has 0 N–H and O–H groups in total. The molecule has 0 radical (unpaired) electrons. The van der Waals surface area contributed by atoms with Gasteiger partial charge >= 0.3 is 5.97 Å². The number of halogens is 1. The average Bonchev–Trinajstić information content (AvgIpc) is 2.58. The van der Waals surface area contributed by atoms with Crippen molar-refractivity contribution in [1.82, 2.24) is 0 Å². The van der Waals surface area contributed by atoms with E-state index in [0.717, 1.165) is 0 Å². The van der Waals surface area contributed by atoms with Gasteiger partial charge < -0.3 is 9.47 Å². The van der Waals surface area contributed by atoms with Crippen LogP contribution in [-0.4, -0.2) is 25.1 Å². The fourth-order valence-corrected chi connectivity index (χ4v) is 2.80. The summed E-state index contributed by atoms with van der Waals surface area (Å²) in [7, 11) is 1.54. The van der Waals surface area contributed by atoms with Crippen LogP contribution in [0.4, 0.5) is 10.1 Å². The lowest BCUT2D eigenvalue weighted by Gasteiger charge is -2.46. The smallest absolute Gasteiger partial charge is 0.303 e. The molecule has 0 spiro atoms. The molecule has 1 aliphatic rings. The summed E-state index contributed by atoms with van der Waals surface area (Å²) in [4.78, 5) is 25.1. The largest absolute Gasteiger partial charge is 0.497 e. The number of rotatable bonds is 4. The van der Waals surface area contributed by atoms with E-state index in [4.69, 9.17) is 9.47 Å². The minimum absolute atomic E-state index is 0.305. The molecule has 6 heteroatoms. The van der Waals surface area contributed by atoms with E-state index in [9.17, 15) is 14.0 Å². The lowest BCUT2D eigenvalue weighted by molar-refractivity contribution is -0.160. The molecule has 2 aromatic carbocycles. The first kappa shape index (κ1) is 16.0. The van der Waals surface area contributed by atoms with Gasteiger partial charge in [0.1, 0.15) is 17.6 Å². The SMILES string of the molecule is COc1ccc(N2C(=O)[C@H](OC(C)=O)[C@@H]2c2ccccc2F)cc1. The Hall–Kier alpha value is -2.89. The summed E-state index contributed by atoms with van der Waals surface area (Å²) in [6.07, 6.45) is -1.03. The zero-order valence-electron chi connectivity index (χ0n) is 13.2. The second-order valence-corrected chi connectivity index (χ2v) is 5.40. The van der Waals surface area contributed by atoms with Crippen molar-refractivity contribution in [2.24, 2.45) is 0 Å². The van der Waals surface area contributed by atoms with Gasteiger partial charge in [-0.25, -0.2) is 4.39 Å². The van der Waals surface area contributed by atoms with E-state index in [2.05, 4.69) is 0 Å². The molecule has 0 saturated carbocycles. The van der Waals surface area contributed by atoms with Gasteiger partial charge in [0.05, 0.1) is 7.11 Å². The van der Waals surface area contributed by atoms with Crippen molar-refractivity contribution in [3.05, 3.63) is 59.9 Å². The molecule has 0 aromatic heterocycles. The zero-order chi connectivity index (χ0) is 17.3. The van der Waals surface area contributed by atoms with Gasteiger partial charge in [-0.2, -0.15) is 0 Å². The lowest BCUT2D eigenvalue weighted by atomic mass is 9.89. The van der Waals surface area contributed by atoms with Crippen LogP contribution in [0.2, 0.25) is 0 Å². The maximum Gasteiger partial charge on any atom is 0.303 e. The number of carbonyl (C=O) groups excluding carboxylic acids is 2. The zero-order valence-corrected chi connectivity index (χ0v) is 13.2. The normalized spacial score (nSPS) is 19.6. The van der Waals surface area contributed by atoms with E-state index < -0.39 is 23.9 Å². The summed E-state index contributed by atoms with van der Waals surface area (Å²) >= 11 is 0. The highest BCUT2D eigenvalue weighted by Gasteiger charge is 2.52. The first-order valence-corrected chi connectivity index (χ1v) is 7.41. The monoisotopic (exact) mass is 329 g/mol. The summed E-state index contributed by atoms with van der Waals surface area (Å²) in [5.74, 6) is -0.774. The summed E-state index contributed by atoms with van der Waals surface area (Å²) < 4.78 is 24.4. The fraction of sp³-hybridized carbons (Fsp3) is 0.222. The molecule has 0 unspecified atom stereocenters. The predicted molar refractivity (Wildman–Crippen MR) is 85.2 cm³/mol. The van der Waals surface area contributed by atoms with Crippen molar-refractivity contribution in [1.29, 1.82) is 0 Å². The molecule has 5 nitrogen and oxygen atoms in total. The van der Waals surface area contributed by atoms with Crippen molar-refractivity contribution in [3.8, 4) is 5.75 Å². The van der Waals surface area contributed by atoms with E-state index in [0.29, 0.717) is 17.0 Å². The molecule has 1 aliphatic heterocycles. The number of benzene rings is 2. The molecule has 3 rings (SSSR count). The number of carbonyl (C=O) groups is 2. The van der Waals surface area contributed by atoms with Crippen molar-refractivity contribution < 1.29 is 23.5 Å². The molecule has 0 bridgehead atoms. The molecule has 1 amide bonds. The topological polar surface area (TPSA) is 55.8 Å². The van der Waals surface area contributed by atoms with Crippen LogP contribution < -0.4 is 9.64 Å². The lowest BCUT2D eigenvalue weighted by Crippen LogP contribution is -2.60. The predicted octanol–water partition coefficient (Wildman–Crippen LogP) is 2.85. The quantitative estimate of drug-likeness (QED) is 0.639. The Balaban J connectivity index is 1.99. The van der Waals surface area contributed by atoms with Gasteiger partial charge in [-0.1, -0.05) is 18.2 Å². The molecule has 2 atom stereocenters. The molecule has 1 fully saturated rings. The van der Waals surface area contributed by atoms with Gasteiger partial charge in [0.2, 0.25) is 6.10 Å². The minimum Gasteiger partial charge on any atom is -0.497 e. The number of amides is 1. The van der Waals surface area contributed by atoms with Gasteiger partial charge in [0.25, 0.3) is 5.91 Å². The second-order valence-electron chi connectivity index (χ2n) is 5.40. The van der Waals surface area contributed by atoms with Crippen LogP contribution in [0, 0.1) is 5.82 Å². The minimum atomic E-state index is -1.03. The number of anilines is 1. The molecule has 124 valence electrons. The van der Waals surface area contributed by atoms with Crippen molar-refractivity contribution in [3.63, 3.8) is 0 Å². The van der Waals surface area contributed by atoms with Crippen LogP contribution in [-0.2, 0) is 14.3 Å². The third-order valence-corrected chi connectivity index (χ3v) is 3.91. The average molecular weight is 329 g/mol. The molecule has 24 heavy (non-hydrogen) atoms. The van der Waals surface area contributed by atoms with Gasteiger partial charge in [-0.05, 0) is 30.3 Å². The summed E-state index contributed by atoms with van der Waals surface area (Å²) in [6, 6.07) is 12.3. The second kappa shape index (κ2) is 6.31. The van der Waals surface area contributed by atoms with E-state index >= 15 is 0 Å². The highest BCUT2D eigenvalue weighted by atomic mass is 19.1. The summed E-state index contributed by atoms with van der Waals surface area (Å²) in [5.41, 5.74) is 0.886. The Morgan fingerprint density at radius 3 is 2.38 bits per heavy atom. The van der Waals surface area contributed by atoms with Crippen LogP contribution >= 0.6 is 0 Å². The molecule has 1 saturated heterocycles. The highest BCUT2D eigenvalue weighted by Crippen LogP contribution is 2.42. The van der Waals surface area contributed by atoms with Crippen LogP contribution in [0.15, 0.2) is 48.5 Å². The molecule has 2 aromatic rings. The van der Waals surface area contributed by atoms with E-state index in [1.165, 1.54) is 17.9 Å². The molecular formula is C18H16FNO4. The standard InChI is InChI=1S/C18H16FNO4/c1-11(21)24-17-16(14-5-3-4-6-15(14)19)20(18(17)22)12-7-9-13(23-2)10-8-12/h3-10,16-17H,1-2H3/t16-,17+/m0/s1. The fourth-order valence-electron chi connectivity index (χ4n) is 2.80. The number of methoxy groups -OCH3 is 1. The Morgan fingerprint density at radius 1 is 1.12 bits per heavy atom. The highest BCUT2D eigenvalue weighted by molar-refractivity contribution is 6.06. The Kier molecular flexibility index (Phi) is 4.20. The van der Waals surface area contributed by atoms with Crippen LogP contribution in [0.3, 0.4) is 0 Å². The van der Waals surface area contributed by atoms with Crippen LogP contribution in [0.25, 0.3) is 0 Å². The van der Waals surface area contributed by atoms with Gasteiger partial charge in [0, 0.05) is 18.2 Å². The number of esters is 1. The third kappa shape index (κ3) is 2.71. The molecular weight excluding hydrogens is 313 g/mol. The number of β-lactam (4-membered cyclic amide) rings is 1. The van der Waals surface area contributed by atoms with Crippen molar-refractivity contribution in [2.75, 3.05) is 12.0 Å². The third-order valence-electron chi connectivity index (χ3n) is 3.91. The van der Waals surface area contributed by atoms with E-state index in [1.807, 2.05) is 0 Å². The maximum absolute atomic E-state index is 14.2. The van der Waals surface area contributed by atoms with Gasteiger partial charge in [-0.3, -0.25) is 14.5 Å². The van der Waals surface area contributed by atoms with Crippen LogP contribution in [0.5, 0.6) is 5.75 Å². The Bertz CT molecular complexity index is 775. The first-order valence-electron chi connectivity index (χ1n) is 7.41. The Morgan fingerprint density at radius 2 is 1.79 bits per heavy atom. The van der Waals surface area contributed by atoms with E-state index in [1.54, 1.807) is 49.6 Å². The number of hydrogen-bond donors (Lipinski definition) is 0. The van der Waals surface area contributed by atoms with Crippen molar-refractivity contribution in [2.45, 2.75) is 19.1 Å². The van der Waals surface area contributed by atoms with Gasteiger partial charge in [0.15, 0.2) is 0 Å². The summed E-state index contributed by atoms with van der Waals surface area (Å²) in [6.45, 7) is 1.22. The Labute approximate surface area is 138 Å². The summed E-state index contributed by atoms with van der Waals surface area (Å²) in [5, 5.41) is 0. The van der Waals surface area contributed by atoms with E-state index in [-0.39, 0.29) is 5.91 Å².